The fourth-order valence-corrected chi connectivity index (χ4v) is 4.43. The SMILES string of the molecule is CO[Si](OC)(OC)C1C=Cc2ccccc21. The molecule has 1 aromatic rings. The summed E-state index contributed by atoms with van der Waals surface area (Å²) in [6.45, 7) is 0. The summed E-state index contributed by atoms with van der Waals surface area (Å²) in [6, 6.07) is 8.24. The zero-order valence-corrected chi connectivity index (χ0v) is 10.8. The molecular weight excluding hydrogens is 220 g/mol. The Morgan fingerprint density at radius 1 is 1.00 bits per heavy atom. The molecule has 0 saturated carbocycles. The van der Waals surface area contributed by atoms with Gasteiger partial charge in [-0.05, 0) is 11.1 Å². The molecular formula is C12H16O3Si. The van der Waals surface area contributed by atoms with Crippen LogP contribution in [0.2, 0.25) is 0 Å². The molecule has 0 fully saturated rings. The summed E-state index contributed by atoms with van der Waals surface area (Å²) in [4.78, 5) is 0. The Hall–Kier alpha value is -0.943. The topological polar surface area (TPSA) is 27.7 Å². The van der Waals surface area contributed by atoms with E-state index in [1.54, 1.807) is 21.3 Å². The molecule has 1 unspecified atom stereocenters. The van der Waals surface area contributed by atoms with Crippen molar-refractivity contribution in [3.8, 4) is 0 Å². The van der Waals surface area contributed by atoms with Crippen molar-refractivity contribution in [2.75, 3.05) is 21.3 Å². The molecule has 1 aliphatic rings. The molecule has 16 heavy (non-hydrogen) atoms. The Morgan fingerprint density at radius 3 is 2.25 bits per heavy atom. The van der Waals surface area contributed by atoms with Crippen molar-refractivity contribution in [2.24, 2.45) is 0 Å². The Morgan fingerprint density at radius 2 is 1.62 bits per heavy atom. The van der Waals surface area contributed by atoms with Gasteiger partial charge < -0.3 is 13.3 Å². The predicted molar refractivity (Wildman–Crippen MR) is 65.0 cm³/mol. The highest BCUT2D eigenvalue weighted by molar-refractivity contribution is 6.63. The Kier molecular flexibility index (Phi) is 3.25. The first-order valence-electron chi connectivity index (χ1n) is 5.20. The minimum Gasteiger partial charge on any atom is -0.376 e. The normalized spacial score (nSPS) is 18.8. The van der Waals surface area contributed by atoms with Crippen molar-refractivity contribution in [3.63, 3.8) is 0 Å². The first-order chi connectivity index (χ1) is 7.77. The van der Waals surface area contributed by atoms with Crippen LogP contribution in [0, 0.1) is 0 Å². The van der Waals surface area contributed by atoms with E-state index in [4.69, 9.17) is 13.3 Å². The second-order valence-electron chi connectivity index (χ2n) is 3.68. The Labute approximate surface area is 97.0 Å². The van der Waals surface area contributed by atoms with Crippen LogP contribution in [-0.2, 0) is 13.3 Å². The molecule has 0 N–H and O–H groups in total. The van der Waals surface area contributed by atoms with Gasteiger partial charge in [-0.15, -0.1) is 0 Å². The minimum atomic E-state index is -2.62. The number of hydrogen-bond acceptors (Lipinski definition) is 3. The summed E-state index contributed by atoms with van der Waals surface area (Å²) < 4.78 is 16.6. The van der Waals surface area contributed by atoms with E-state index in [1.165, 1.54) is 11.1 Å². The highest BCUT2D eigenvalue weighted by Crippen LogP contribution is 2.37. The first kappa shape index (κ1) is 11.5. The second kappa shape index (κ2) is 4.51. The monoisotopic (exact) mass is 236 g/mol. The van der Waals surface area contributed by atoms with Gasteiger partial charge in [-0.25, -0.2) is 0 Å². The zero-order chi connectivity index (χ0) is 11.6. The van der Waals surface area contributed by atoms with E-state index in [9.17, 15) is 0 Å². The van der Waals surface area contributed by atoms with Crippen molar-refractivity contribution in [1.29, 1.82) is 0 Å². The lowest BCUT2D eigenvalue weighted by Crippen LogP contribution is -2.48. The number of fused-ring (bicyclic) bond motifs is 1. The van der Waals surface area contributed by atoms with Gasteiger partial charge in [0.15, 0.2) is 0 Å². The quantitative estimate of drug-likeness (QED) is 0.750. The van der Waals surface area contributed by atoms with E-state index in [0.717, 1.165) is 0 Å². The molecule has 0 spiro atoms. The maximum atomic E-state index is 5.52. The molecule has 0 heterocycles. The van der Waals surface area contributed by atoms with E-state index in [2.05, 4.69) is 24.3 Å². The number of benzene rings is 1. The molecule has 3 nitrogen and oxygen atoms in total. The van der Waals surface area contributed by atoms with Crippen molar-refractivity contribution >= 4 is 14.9 Å². The van der Waals surface area contributed by atoms with Gasteiger partial charge >= 0.3 is 8.80 Å². The molecule has 0 saturated heterocycles. The van der Waals surface area contributed by atoms with Crippen LogP contribution < -0.4 is 0 Å². The molecule has 1 atom stereocenters. The van der Waals surface area contributed by atoms with Crippen LogP contribution in [-0.4, -0.2) is 30.1 Å². The third-order valence-corrected chi connectivity index (χ3v) is 6.01. The summed E-state index contributed by atoms with van der Waals surface area (Å²) >= 11 is 0. The molecule has 86 valence electrons. The van der Waals surface area contributed by atoms with Gasteiger partial charge in [0.1, 0.15) is 0 Å². The summed E-state index contributed by atoms with van der Waals surface area (Å²) in [7, 11) is 2.32. The Balaban J connectivity index is 2.40. The number of hydrogen-bond donors (Lipinski definition) is 0. The molecule has 2 rings (SSSR count). The highest BCUT2D eigenvalue weighted by Gasteiger charge is 2.48. The smallest absolute Gasteiger partial charge is 0.376 e. The van der Waals surface area contributed by atoms with Crippen LogP contribution in [0.1, 0.15) is 16.7 Å². The summed E-state index contributed by atoms with van der Waals surface area (Å²) in [5.74, 6) is 0. The van der Waals surface area contributed by atoms with Crippen molar-refractivity contribution in [3.05, 3.63) is 41.5 Å². The second-order valence-corrected chi connectivity index (χ2v) is 6.74. The predicted octanol–water partition coefficient (Wildman–Crippen LogP) is 2.21. The summed E-state index contributed by atoms with van der Waals surface area (Å²) in [5, 5.41) is 0. The fraction of sp³-hybridized carbons (Fsp3) is 0.333. The average molecular weight is 236 g/mol. The molecule has 1 aromatic carbocycles. The zero-order valence-electron chi connectivity index (χ0n) is 9.77. The van der Waals surface area contributed by atoms with Gasteiger partial charge in [0, 0.05) is 21.3 Å². The Bertz CT molecular complexity index is 391. The van der Waals surface area contributed by atoms with Gasteiger partial charge in [0.25, 0.3) is 0 Å². The van der Waals surface area contributed by atoms with Crippen LogP contribution in [0.25, 0.3) is 6.08 Å². The van der Waals surface area contributed by atoms with E-state index < -0.39 is 8.80 Å². The molecule has 0 aliphatic heterocycles. The molecule has 1 aliphatic carbocycles. The maximum Gasteiger partial charge on any atom is 0.512 e. The van der Waals surface area contributed by atoms with Crippen LogP contribution in [0.3, 0.4) is 0 Å². The number of allylic oxidation sites excluding steroid dienone is 1. The van der Waals surface area contributed by atoms with Crippen molar-refractivity contribution < 1.29 is 13.3 Å². The minimum absolute atomic E-state index is 0.101. The van der Waals surface area contributed by atoms with E-state index >= 15 is 0 Å². The first-order valence-corrected chi connectivity index (χ1v) is 7.00. The van der Waals surface area contributed by atoms with E-state index in [-0.39, 0.29) is 5.54 Å². The van der Waals surface area contributed by atoms with Crippen molar-refractivity contribution in [2.45, 2.75) is 5.54 Å². The molecule has 0 bridgehead atoms. The van der Waals surface area contributed by atoms with E-state index in [0.29, 0.717) is 0 Å². The standard InChI is InChI=1S/C12H16O3Si/c1-13-16(14-2,15-3)12-9-8-10-6-4-5-7-11(10)12/h4-9,12H,1-3H3. The van der Waals surface area contributed by atoms with Gasteiger partial charge in [0.05, 0.1) is 5.54 Å². The van der Waals surface area contributed by atoms with Crippen LogP contribution in [0.5, 0.6) is 0 Å². The van der Waals surface area contributed by atoms with E-state index in [1.807, 2.05) is 12.1 Å². The van der Waals surface area contributed by atoms with Gasteiger partial charge in [-0.2, -0.15) is 0 Å². The lowest BCUT2D eigenvalue weighted by atomic mass is 10.1. The van der Waals surface area contributed by atoms with Crippen LogP contribution in [0.15, 0.2) is 30.3 Å². The van der Waals surface area contributed by atoms with Gasteiger partial charge in [0.2, 0.25) is 0 Å². The third kappa shape index (κ3) is 1.64. The van der Waals surface area contributed by atoms with Crippen molar-refractivity contribution in [1.82, 2.24) is 0 Å². The average Bonchev–Trinajstić information content (AvgIpc) is 2.77. The molecule has 0 amide bonds. The fourth-order valence-electron chi connectivity index (χ4n) is 2.19. The highest BCUT2D eigenvalue weighted by atomic mass is 28.4. The van der Waals surface area contributed by atoms with Gasteiger partial charge in [-0.3, -0.25) is 0 Å². The maximum absolute atomic E-state index is 5.52. The van der Waals surface area contributed by atoms with Crippen LogP contribution >= 0.6 is 0 Å². The molecule has 0 radical (unpaired) electrons. The lowest BCUT2D eigenvalue weighted by Gasteiger charge is -2.29. The largest absolute Gasteiger partial charge is 0.512 e. The van der Waals surface area contributed by atoms with Crippen LogP contribution in [0.4, 0.5) is 0 Å². The molecule has 0 aromatic heterocycles. The molecule has 4 heteroatoms. The summed E-state index contributed by atoms with van der Waals surface area (Å²) in [5.41, 5.74) is 2.54. The summed E-state index contributed by atoms with van der Waals surface area (Å²) in [6.07, 6.45) is 4.20. The van der Waals surface area contributed by atoms with Gasteiger partial charge in [-0.1, -0.05) is 36.4 Å². The number of rotatable bonds is 4. The lowest BCUT2D eigenvalue weighted by molar-refractivity contribution is 0.118. The third-order valence-electron chi connectivity index (χ3n) is 3.03.